The fraction of sp³-hybridized carbons (Fsp3) is 0.615. The number of nitrogen functional groups attached to an aromatic ring is 1. The summed E-state index contributed by atoms with van der Waals surface area (Å²) < 4.78 is 0. The Morgan fingerprint density at radius 2 is 2.16 bits per heavy atom. The zero-order chi connectivity index (χ0) is 13.7. The van der Waals surface area contributed by atoms with Crippen LogP contribution < -0.4 is 11.1 Å². The van der Waals surface area contributed by atoms with E-state index in [-0.39, 0.29) is 5.95 Å². The fourth-order valence-corrected chi connectivity index (χ4v) is 2.15. The first-order chi connectivity index (χ1) is 9.20. The molecular weight excluding hydrogens is 240 g/mol. The number of H-pyrrole nitrogens is 1. The molecule has 0 saturated carbocycles. The number of nitrogens with zero attached hydrogens (tertiary/aromatic N) is 3. The molecule has 0 saturated heterocycles. The molecule has 0 aromatic carbocycles. The maximum atomic E-state index is 5.69. The van der Waals surface area contributed by atoms with Crippen molar-refractivity contribution in [2.45, 2.75) is 52.0 Å². The quantitative estimate of drug-likeness (QED) is 0.667. The molecule has 19 heavy (non-hydrogen) atoms. The summed E-state index contributed by atoms with van der Waals surface area (Å²) in [6, 6.07) is 0.365. The summed E-state index contributed by atoms with van der Waals surface area (Å²) in [7, 11) is 0. The van der Waals surface area contributed by atoms with Crippen molar-refractivity contribution in [1.29, 1.82) is 0 Å². The lowest BCUT2D eigenvalue weighted by molar-refractivity contribution is 0.593. The van der Waals surface area contributed by atoms with Crippen LogP contribution in [0.3, 0.4) is 0 Å². The van der Waals surface area contributed by atoms with Gasteiger partial charge in [0.05, 0.1) is 11.6 Å². The van der Waals surface area contributed by atoms with Gasteiger partial charge in [-0.2, -0.15) is 15.1 Å². The molecule has 0 radical (unpaired) electrons. The van der Waals surface area contributed by atoms with Crippen LogP contribution in [0.2, 0.25) is 0 Å². The van der Waals surface area contributed by atoms with E-state index in [9.17, 15) is 0 Å². The number of aromatic amines is 1. The fourth-order valence-electron chi connectivity index (χ4n) is 2.15. The van der Waals surface area contributed by atoms with Crippen molar-refractivity contribution >= 4 is 22.8 Å². The van der Waals surface area contributed by atoms with Crippen LogP contribution >= 0.6 is 0 Å². The average Bonchev–Trinajstić information content (AvgIpc) is 2.82. The van der Waals surface area contributed by atoms with Gasteiger partial charge in [0.25, 0.3) is 0 Å². The molecule has 104 valence electrons. The molecule has 4 N–H and O–H groups in total. The zero-order valence-electron chi connectivity index (χ0n) is 11.6. The number of unbranched alkanes of at least 4 members (excludes halogenated alkanes) is 3. The third-order valence-corrected chi connectivity index (χ3v) is 3.20. The van der Waals surface area contributed by atoms with Gasteiger partial charge in [-0.15, -0.1) is 0 Å². The summed E-state index contributed by atoms with van der Waals surface area (Å²) >= 11 is 0. The van der Waals surface area contributed by atoms with E-state index in [2.05, 4.69) is 39.3 Å². The highest BCUT2D eigenvalue weighted by Crippen LogP contribution is 2.20. The summed E-state index contributed by atoms with van der Waals surface area (Å²) in [5.74, 6) is 1.02. The summed E-state index contributed by atoms with van der Waals surface area (Å²) in [5, 5.41) is 11.1. The van der Waals surface area contributed by atoms with Crippen molar-refractivity contribution in [2.24, 2.45) is 0 Å². The molecule has 0 aliphatic heterocycles. The number of hydrogen-bond acceptors (Lipinski definition) is 5. The SMILES string of the molecule is CCCCCCC(C)Nc1nc(N)nc2[nH]ncc12. The molecule has 1 atom stereocenters. The highest BCUT2D eigenvalue weighted by atomic mass is 15.2. The van der Waals surface area contributed by atoms with Gasteiger partial charge in [-0.25, -0.2) is 0 Å². The molecule has 6 heteroatoms. The molecule has 2 heterocycles. The first-order valence-corrected chi connectivity index (χ1v) is 6.93. The Labute approximate surface area is 113 Å². The minimum Gasteiger partial charge on any atom is -0.368 e. The molecule has 0 aliphatic rings. The first kappa shape index (κ1) is 13.6. The molecule has 0 bridgehead atoms. The molecule has 2 aromatic rings. The molecule has 2 aromatic heterocycles. The molecule has 6 nitrogen and oxygen atoms in total. The Morgan fingerprint density at radius 1 is 1.32 bits per heavy atom. The van der Waals surface area contributed by atoms with Crippen LogP contribution in [0.15, 0.2) is 6.20 Å². The summed E-state index contributed by atoms with van der Waals surface area (Å²) in [5.41, 5.74) is 6.36. The van der Waals surface area contributed by atoms with E-state index in [0.717, 1.165) is 17.6 Å². The second-order valence-electron chi connectivity index (χ2n) is 4.96. The molecule has 0 spiro atoms. The van der Waals surface area contributed by atoms with Crippen molar-refractivity contribution in [3.05, 3.63) is 6.20 Å². The van der Waals surface area contributed by atoms with Crippen molar-refractivity contribution in [3.8, 4) is 0 Å². The van der Waals surface area contributed by atoms with Gasteiger partial charge < -0.3 is 11.1 Å². The molecular formula is C13H22N6. The monoisotopic (exact) mass is 262 g/mol. The van der Waals surface area contributed by atoms with Gasteiger partial charge in [-0.05, 0) is 13.3 Å². The van der Waals surface area contributed by atoms with Gasteiger partial charge in [0, 0.05) is 6.04 Å². The standard InChI is InChI=1S/C13H22N6/c1-3-4-5-6-7-9(2)16-11-10-8-15-19-12(10)18-13(14)17-11/h8-9H,3-7H2,1-2H3,(H4,14,15,16,17,18,19). The summed E-state index contributed by atoms with van der Waals surface area (Å²) in [6.45, 7) is 4.39. The zero-order valence-corrected chi connectivity index (χ0v) is 11.6. The predicted octanol–water partition coefficient (Wildman–Crippen LogP) is 2.71. The molecule has 0 amide bonds. The normalized spacial score (nSPS) is 12.7. The van der Waals surface area contributed by atoms with Gasteiger partial charge in [-0.3, -0.25) is 5.10 Å². The second-order valence-corrected chi connectivity index (χ2v) is 4.96. The van der Waals surface area contributed by atoms with Crippen molar-refractivity contribution in [1.82, 2.24) is 20.2 Å². The number of fused-ring (bicyclic) bond motifs is 1. The molecule has 0 fully saturated rings. The third-order valence-electron chi connectivity index (χ3n) is 3.20. The molecule has 2 rings (SSSR count). The Bertz CT molecular complexity index is 521. The Hall–Kier alpha value is -1.85. The van der Waals surface area contributed by atoms with E-state index >= 15 is 0 Å². The largest absolute Gasteiger partial charge is 0.368 e. The third kappa shape index (κ3) is 3.56. The maximum absolute atomic E-state index is 5.69. The van der Waals surface area contributed by atoms with Crippen LogP contribution in [0, 0.1) is 0 Å². The van der Waals surface area contributed by atoms with E-state index in [4.69, 9.17) is 5.73 Å². The number of nitrogens with one attached hydrogen (secondary N) is 2. The van der Waals surface area contributed by atoms with Crippen LogP contribution in [-0.2, 0) is 0 Å². The van der Waals surface area contributed by atoms with Crippen molar-refractivity contribution < 1.29 is 0 Å². The number of aromatic nitrogens is 4. The van der Waals surface area contributed by atoms with Gasteiger partial charge >= 0.3 is 0 Å². The lowest BCUT2D eigenvalue weighted by Gasteiger charge is -2.15. The minimum atomic E-state index is 0.262. The number of anilines is 2. The number of nitrogens with two attached hydrogens (primary N) is 1. The summed E-state index contributed by atoms with van der Waals surface area (Å²) in [6.07, 6.45) is 7.94. The Kier molecular flexibility index (Phi) is 4.54. The highest BCUT2D eigenvalue weighted by molar-refractivity contribution is 5.86. The Balaban J connectivity index is 1.98. The topological polar surface area (TPSA) is 92.5 Å². The maximum Gasteiger partial charge on any atom is 0.224 e. The van der Waals surface area contributed by atoms with E-state index in [1.807, 2.05) is 0 Å². The molecule has 1 unspecified atom stereocenters. The van der Waals surface area contributed by atoms with E-state index < -0.39 is 0 Å². The lowest BCUT2D eigenvalue weighted by Crippen LogP contribution is -2.16. The van der Waals surface area contributed by atoms with E-state index in [1.54, 1.807) is 6.20 Å². The van der Waals surface area contributed by atoms with Gasteiger partial charge in [0.2, 0.25) is 5.95 Å². The minimum absolute atomic E-state index is 0.262. The first-order valence-electron chi connectivity index (χ1n) is 6.93. The predicted molar refractivity (Wildman–Crippen MR) is 77.9 cm³/mol. The van der Waals surface area contributed by atoms with Crippen LogP contribution in [-0.4, -0.2) is 26.2 Å². The second kappa shape index (κ2) is 6.36. The summed E-state index contributed by atoms with van der Waals surface area (Å²) in [4.78, 5) is 8.35. The molecule has 0 aliphatic carbocycles. The van der Waals surface area contributed by atoms with Gasteiger partial charge in [0.1, 0.15) is 5.82 Å². The van der Waals surface area contributed by atoms with Crippen LogP contribution in [0.4, 0.5) is 11.8 Å². The average molecular weight is 262 g/mol. The van der Waals surface area contributed by atoms with Crippen LogP contribution in [0.5, 0.6) is 0 Å². The van der Waals surface area contributed by atoms with Gasteiger partial charge in [-0.1, -0.05) is 32.6 Å². The van der Waals surface area contributed by atoms with E-state index in [0.29, 0.717) is 11.7 Å². The van der Waals surface area contributed by atoms with Crippen LogP contribution in [0.25, 0.3) is 11.0 Å². The van der Waals surface area contributed by atoms with E-state index in [1.165, 1.54) is 25.7 Å². The van der Waals surface area contributed by atoms with Crippen LogP contribution in [0.1, 0.15) is 46.0 Å². The van der Waals surface area contributed by atoms with Crippen molar-refractivity contribution in [3.63, 3.8) is 0 Å². The van der Waals surface area contributed by atoms with Crippen molar-refractivity contribution in [2.75, 3.05) is 11.1 Å². The van der Waals surface area contributed by atoms with Gasteiger partial charge in [0.15, 0.2) is 5.65 Å². The highest BCUT2D eigenvalue weighted by Gasteiger charge is 2.10. The lowest BCUT2D eigenvalue weighted by atomic mass is 10.1. The smallest absolute Gasteiger partial charge is 0.224 e. The number of hydrogen-bond donors (Lipinski definition) is 3. The Morgan fingerprint density at radius 3 is 2.95 bits per heavy atom. The number of rotatable bonds is 7.